The van der Waals surface area contributed by atoms with Crippen LogP contribution in [0, 0.1) is 0 Å². The zero-order chi connectivity index (χ0) is 20.8. The van der Waals surface area contributed by atoms with Crippen molar-refractivity contribution in [2.45, 2.75) is 6.61 Å². The molecule has 0 saturated carbocycles. The molecule has 1 heterocycles. The van der Waals surface area contributed by atoms with Gasteiger partial charge in [-0.25, -0.2) is 0 Å². The van der Waals surface area contributed by atoms with Gasteiger partial charge in [0, 0.05) is 27.4 Å². The molecule has 0 aliphatic carbocycles. The third-order valence-corrected chi connectivity index (χ3v) is 4.62. The third kappa shape index (κ3) is 5.92. The number of furan rings is 1. The molecule has 3 aromatic rings. The highest BCUT2D eigenvalue weighted by molar-refractivity contribution is 7.80. The van der Waals surface area contributed by atoms with Crippen molar-refractivity contribution < 1.29 is 14.3 Å². The van der Waals surface area contributed by atoms with Gasteiger partial charge in [0.05, 0.1) is 0 Å². The van der Waals surface area contributed by atoms with E-state index in [4.69, 9.17) is 44.9 Å². The van der Waals surface area contributed by atoms with Gasteiger partial charge in [-0.2, -0.15) is 0 Å². The van der Waals surface area contributed by atoms with E-state index in [0.29, 0.717) is 32.8 Å². The molecule has 0 radical (unpaired) electrons. The van der Waals surface area contributed by atoms with Gasteiger partial charge in [0.25, 0.3) is 0 Å². The molecule has 0 fully saturated rings. The summed E-state index contributed by atoms with van der Waals surface area (Å²) in [7, 11) is 0. The van der Waals surface area contributed by atoms with Gasteiger partial charge < -0.3 is 14.8 Å². The molecular formula is C21H16Cl2N2O3S. The number of hydrogen-bond acceptors (Lipinski definition) is 4. The molecule has 0 unspecified atom stereocenters. The van der Waals surface area contributed by atoms with Gasteiger partial charge in [0.15, 0.2) is 5.11 Å². The Morgan fingerprint density at radius 1 is 1.10 bits per heavy atom. The highest BCUT2D eigenvalue weighted by atomic mass is 35.5. The standard InChI is InChI=1S/C21H16Cl2N2O3S/c22-15-5-1-13(18(23)11-15)4-10-20(27)25-21(29)24-16-6-2-14(3-7-16)19-9-8-17(12-26)28-19/h1-11,26H,12H2,(H2,24,25,27,29)/b10-4+. The molecule has 3 N–H and O–H groups in total. The van der Waals surface area contributed by atoms with E-state index in [0.717, 1.165) is 5.56 Å². The predicted molar refractivity (Wildman–Crippen MR) is 120 cm³/mol. The minimum Gasteiger partial charge on any atom is -0.459 e. The van der Waals surface area contributed by atoms with Crippen LogP contribution in [0.2, 0.25) is 10.0 Å². The van der Waals surface area contributed by atoms with Gasteiger partial charge in [0.1, 0.15) is 18.1 Å². The first kappa shape index (κ1) is 21.1. The SMILES string of the molecule is O=C(/C=C/c1ccc(Cl)cc1Cl)NC(=S)Nc1ccc(-c2ccc(CO)o2)cc1. The van der Waals surface area contributed by atoms with E-state index in [1.165, 1.54) is 6.08 Å². The van der Waals surface area contributed by atoms with E-state index in [2.05, 4.69) is 10.6 Å². The van der Waals surface area contributed by atoms with Crippen molar-refractivity contribution in [3.05, 3.63) is 82.0 Å². The van der Waals surface area contributed by atoms with Gasteiger partial charge in [-0.05, 0) is 72.4 Å². The lowest BCUT2D eigenvalue weighted by atomic mass is 10.1. The van der Waals surface area contributed by atoms with E-state index < -0.39 is 5.91 Å². The second-order valence-electron chi connectivity index (χ2n) is 5.94. The first-order chi connectivity index (χ1) is 13.9. The van der Waals surface area contributed by atoms with Gasteiger partial charge in [-0.15, -0.1) is 0 Å². The molecule has 3 rings (SSSR count). The molecule has 0 bridgehead atoms. The van der Waals surface area contributed by atoms with Crippen LogP contribution in [0.15, 0.2) is 65.1 Å². The predicted octanol–water partition coefficient (Wildman–Crippen LogP) is 5.27. The van der Waals surface area contributed by atoms with E-state index in [9.17, 15) is 4.79 Å². The van der Waals surface area contributed by atoms with E-state index in [-0.39, 0.29) is 11.7 Å². The van der Waals surface area contributed by atoms with Crippen molar-refractivity contribution in [2.24, 2.45) is 0 Å². The number of rotatable bonds is 5. The Morgan fingerprint density at radius 2 is 1.86 bits per heavy atom. The minimum atomic E-state index is -0.391. The Balaban J connectivity index is 1.55. The van der Waals surface area contributed by atoms with Crippen molar-refractivity contribution >= 4 is 58.2 Å². The lowest BCUT2D eigenvalue weighted by Gasteiger charge is -2.08. The topological polar surface area (TPSA) is 74.5 Å². The molecule has 148 valence electrons. The molecule has 0 atom stereocenters. The normalized spacial score (nSPS) is 10.9. The molecule has 0 aliphatic rings. The Hall–Kier alpha value is -2.64. The van der Waals surface area contributed by atoms with Crippen molar-refractivity contribution in [3.63, 3.8) is 0 Å². The molecule has 1 amide bonds. The summed E-state index contributed by atoms with van der Waals surface area (Å²) >= 11 is 17.1. The number of nitrogens with one attached hydrogen (secondary N) is 2. The fourth-order valence-corrected chi connectivity index (χ4v) is 3.14. The summed E-state index contributed by atoms with van der Waals surface area (Å²) in [5.74, 6) is 0.763. The van der Waals surface area contributed by atoms with Crippen LogP contribution < -0.4 is 10.6 Å². The molecule has 29 heavy (non-hydrogen) atoms. The summed E-state index contributed by atoms with van der Waals surface area (Å²) in [6.45, 7) is -0.147. The fraction of sp³-hybridized carbons (Fsp3) is 0.0476. The number of anilines is 1. The van der Waals surface area contributed by atoms with E-state index in [1.807, 2.05) is 12.1 Å². The van der Waals surface area contributed by atoms with Crippen LogP contribution in [0.1, 0.15) is 11.3 Å². The van der Waals surface area contributed by atoms with Gasteiger partial charge in [-0.3, -0.25) is 10.1 Å². The van der Waals surface area contributed by atoms with Gasteiger partial charge in [0.2, 0.25) is 5.91 Å². The lowest BCUT2D eigenvalue weighted by molar-refractivity contribution is -0.115. The molecule has 0 aliphatic heterocycles. The van der Waals surface area contributed by atoms with E-state index in [1.54, 1.807) is 48.5 Å². The molecular weight excluding hydrogens is 431 g/mol. The Bertz CT molecular complexity index is 1060. The largest absolute Gasteiger partial charge is 0.459 e. The second kappa shape index (κ2) is 9.71. The maximum absolute atomic E-state index is 12.0. The van der Waals surface area contributed by atoms with Crippen LogP contribution >= 0.6 is 35.4 Å². The summed E-state index contributed by atoms with van der Waals surface area (Å²) in [5, 5.41) is 15.7. The van der Waals surface area contributed by atoms with Crippen LogP contribution in [-0.4, -0.2) is 16.1 Å². The van der Waals surface area contributed by atoms with Crippen LogP contribution in [0.3, 0.4) is 0 Å². The number of hydrogen-bond donors (Lipinski definition) is 3. The molecule has 1 aromatic heterocycles. The molecule has 0 saturated heterocycles. The summed E-state index contributed by atoms with van der Waals surface area (Å²) in [6.07, 6.45) is 2.91. The summed E-state index contributed by atoms with van der Waals surface area (Å²) in [6, 6.07) is 15.8. The smallest absolute Gasteiger partial charge is 0.250 e. The number of halogens is 2. The zero-order valence-electron chi connectivity index (χ0n) is 15.0. The van der Waals surface area contributed by atoms with Crippen molar-refractivity contribution in [2.75, 3.05) is 5.32 Å². The fourth-order valence-electron chi connectivity index (χ4n) is 2.45. The summed E-state index contributed by atoms with van der Waals surface area (Å²) < 4.78 is 5.49. The molecule has 5 nitrogen and oxygen atoms in total. The van der Waals surface area contributed by atoms with Crippen molar-refractivity contribution in [3.8, 4) is 11.3 Å². The van der Waals surface area contributed by atoms with Crippen molar-refractivity contribution in [1.82, 2.24) is 5.32 Å². The van der Waals surface area contributed by atoms with Crippen LogP contribution in [-0.2, 0) is 11.4 Å². The first-order valence-corrected chi connectivity index (χ1v) is 9.66. The van der Waals surface area contributed by atoms with Crippen LogP contribution in [0.4, 0.5) is 5.69 Å². The highest BCUT2D eigenvalue weighted by Crippen LogP contribution is 2.24. The average molecular weight is 447 g/mol. The number of carbonyl (C=O) groups is 1. The van der Waals surface area contributed by atoms with Gasteiger partial charge in [-0.1, -0.05) is 29.3 Å². The minimum absolute atomic E-state index is 0.147. The van der Waals surface area contributed by atoms with Gasteiger partial charge >= 0.3 is 0 Å². The molecule has 0 spiro atoms. The Morgan fingerprint density at radius 3 is 2.52 bits per heavy atom. The quantitative estimate of drug-likeness (QED) is 0.367. The highest BCUT2D eigenvalue weighted by Gasteiger charge is 2.06. The zero-order valence-corrected chi connectivity index (χ0v) is 17.3. The molecule has 8 heteroatoms. The number of carbonyl (C=O) groups excluding carboxylic acids is 1. The monoisotopic (exact) mass is 446 g/mol. The summed E-state index contributed by atoms with van der Waals surface area (Å²) in [5.41, 5.74) is 2.23. The number of aliphatic hydroxyl groups excluding tert-OH is 1. The Kier molecular flexibility index (Phi) is 7.06. The first-order valence-electron chi connectivity index (χ1n) is 8.50. The number of aliphatic hydroxyl groups is 1. The summed E-state index contributed by atoms with van der Waals surface area (Å²) in [4.78, 5) is 12.0. The lowest BCUT2D eigenvalue weighted by Crippen LogP contribution is -2.32. The third-order valence-electron chi connectivity index (χ3n) is 3.86. The molecule has 2 aromatic carbocycles. The maximum atomic E-state index is 12.0. The number of amides is 1. The van der Waals surface area contributed by atoms with E-state index >= 15 is 0 Å². The van der Waals surface area contributed by atoms with Crippen LogP contribution in [0.25, 0.3) is 17.4 Å². The second-order valence-corrected chi connectivity index (χ2v) is 7.20. The number of benzene rings is 2. The number of thiocarbonyl (C=S) groups is 1. The maximum Gasteiger partial charge on any atom is 0.250 e. The Labute approximate surface area is 182 Å². The van der Waals surface area contributed by atoms with Crippen molar-refractivity contribution in [1.29, 1.82) is 0 Å². The average Bonchev–Trinajstić information content (AvgIpc) is 3.17. The van der Waals surface area contributed by atoms with Crippen LogP contribution in [0.5, 0.6) is 0 Å².